The monoisotopic (exact) mass is 360 g/mol. The maximum absolute atomic E-state index is 12.3. The van der Waals surface area contributed by atoms with Crippen molar-refractivity contribution in [3.8, 4) is 0 Å². The molecule has 1 fully saturated rings. The van der Waals surface area contributed by atoms with E-state index in [1.54, 1.807) is 19.0 Å². The molecule has 1 aromatic rings. The molecule has 1 aliphatic rings. The van der Waals surface area contributed by atoms with Gasteiger partial charge in [0.15, 0.2) is 0 Å². The van der Waals surface area contributed by atoms with Gasteiger partial charge in [-0.25, -0.2) is 0 Å². The molecule has 142 valence electrons. The molecule has 1 aliphatic carbocycles. The number of para-hydroxylation sites is 1. The van der Waals surface area contributed by atoms with E-state index in [0.29, 0.717) is 6.04 Å². The second-order valence-electron chi connectivity index (χ2n) is 6.82. The van der Waals surface area contributed by atoms with E-state index in [4.69, 9.17) is 0 Å². The third kappa shape index (κ3) is 6.48. The summed E-state index contributed by atoms with van der Waals surface area (Å²) in [6.07, 6.45) is 2.89. The van der Waals surface area contributed by atoms with Crippen molar-refractivity contribution in [1.29, 1.82) is 0 Å². The van der Waals surface area contributed by atoms with Crippen LogP contribution in [0.15, 0.2) is 24.3 Å². The zero-order chi connectivity index (χ0) is 19.1. The molecule has 0 aliphatic heterocycles. The van der Waals surface area contributed by atoms with Gasteiger partial charge in [0.05, 0.1) is 19.6 Å². The van der Waals surface area contributed by atoms with Gasteiger partial charge in [-0.15, -0.1) is 0 Å². The molecule has 0 aromatic heterocycles. The number of benzene rings is 1. The third-order valence-corrected chi connectivity index (χ3v) is 4.24. The molecular weight excluding hydrogens is 332 g/mol. The van der Waals surface area contributed by atoms with Crippen molar-refractivity contribution in [3.63, 3.8) is 0 Å². The van der Waals surface area contributed by atoms with E-state index in [0.717, 1.165) is 30.5 Å². The fraction of sp³-hybridized carbons (Fsp3) is 0.526. The molecule has 7 nitrogen and oxygen atoms in total. The van der Waals surface area contributed by atoms with Gasteiger partial charge in [-0.2, -0.15) is 0 Å². The van der Waals surface area contributed by atoms with E-state index in [-0.39, 0.29) is 37.4 Å². The Hall–Kier alpha value is -2.41. The maximum Gasteiger partial charge on any atom is 0.243 e. The van der Waals surface area contributed by atoms with Crippen LogP contribution in [0, 0.1) is 0 Å². The van der Waals surface area contributed by atoms with Gasteiger partial charge < -0.3 is 15.5 Å². The van der Waals surface area contributed by atoms with E-state index in [1.165, 1.54) is 4.90 Å². The summed E-state index contributed by atoms with van der Waals surface area (Å²) in [7, 11) is 3.31. The van der Waals surface area contributed by atoms with Gasteiger partial charge >= 0.3 is 0 Å². The van der Waals surface area contributed by atoms with Crippen LogP contribution in [0.1, 0.15) is 25.3 Å². The van der Waals surface area contributed by atoms with Crippen LogP contribution in [0.4, 0.5) is 5.69 Å². The van der Waals surface area contributed by atoms with Crippen LogP contribution < -0.4 is 10.6 Å². The largest absolute Gasteiger partial charge is 0.352 e. The molecule has 0 spiro atoms. The van der Waals surface area contributed by atoms with E-state index in [9.17, 15) is 14.4 Å². The number of hydrogen-bond acceptors (Lipinski definition) is 4. The molecule has 0 unspecified atom stereocenters. The van der Waals surface area contributed by atoms with Crippen molar-refractivity contribution in [3.05, 3.63) is 29.8 Å². The number of nitrogens with zero attached hydrogens (tertiary/aromatic N) is 2. The summed E-state index contributed by atoms with van der Waals surface area (Å²) in [5.41, 5.74) is 1.82. The summed E-state index contributed by atoms with van der Waals surface area (Å²) >= 11 is 0. The predicted octanol–water partition coefficient (Wildman–Crippen LogP) is 0.856. The molecule has 7 heteroatoms. The van der Waals surface area contributed by atoms with Gasteiger partial charge in [-0.3, -0.25) is 19.3 Å². The summed E-state index contributed by atoms with van der Waals surface area (Å²) in [6.45, 7) is 2.26. The van der Waals surface area contributed by atoms with Crippen molar-refractivity contribution < 1.29 is 14.4 Å². The quantitative estimate of drug-likeness (QED) is 0.684. The van der Waals surface area contributed by atoms with E-state index >= 15 is 0 Å². The standard InChI is InChI=1S/C19H28N4O3/c1-4-14-7-5-6-8-16(14)21-18(25)12-23(3)19(26)13-22(2)11-17(24)20-15-9-10-15/h5-8,15H,4,9-13H2,1-3H3,(H,20,24)(H,21,25). The number of rotatable bonds is 9. The lowest BCUT2D eigenvalue weighted by atomic mass is 10.1. The minimum Gasteiger partial charge on any atom is -0.352 e. The van der Waals surface area contributed by atoms with Crippen molar-refractivity contribution in [2.45, 2.75) is 32.2 Å². The van der Waals surface area contributed by atoms with Crippen LogP contribution >= 0.6 is 0 Å². The number of carbonyl (C=O) groups excluding carboxylic acids is 3. The van der Waals surface area contributed by atoms with Crippen LogP contribution in [0.3, 0.4) is 0 Å². The predicted molar refractivity (Wildman–Crippen MR) is 101 cm³/mol. The second kappa shape index (κ2) is 9.33. The molecule has 1 aromatic carbocycles. The molecule has 0 bridgehead atoms. The van der Waals surface area contributed by atoms with Gasteiger partial charge in [0.25, 0.3) is 0 Å². The van der Waals surface area contributed by atoms with Crippen LogP contribution in [-0.4, -0.2) is 67.3 Å². The fourth-order valence-corrected chi connectivity index (χ4v) is 2.60. The molecule has 0 radical (unpaired) electrons. The van der Waals surface area contributed by atoms with Gasteiger partial charge in [0.2, 0.25) is 17.7 Å². The van der Waals surface area contributed by atoms with Crippen molar-refractivity contribution in [2.75, 3.05) is 39.0 Å². The minimum atomic E-state index is -0.240. The number of hydrogen-bond donors (Lipinski definition) is 2. The zero-order valence-electron chi connectivity index (χ0n) is 15.7. The van der Waals surface area contributed by atoms with Gasteiger partial charge in [-0.1, -0.05) is 25.1 Å². The van der Waals surface area contributed by atoms with E-state index < -0.39 is 0 Å². The molecule has 3 amide bonds. The number of amides is 3. The highest BCUT2D eigenvalue weighted by atomic mass is 16.2. The number of aryl methyl sites for hydroxylation is 1. The average molecular weight is 360 g/mol. The normalized spacial score (nSPS) is 13.4. The average Bonchev–Trinajstić information content (AvgIpc) is 3.38. The molecule has 26 heavy (non-hydrogen) atoms. The summed E-state index contributed by atoms with van der Waals surface area (Å²) in [5, 5.41) is 5.74. The molecule has 1 saturated carbocycles. The van der Waals surface area contributed by atoms with Gasteiger partial charge in [0.1, 0.15) is 0 Å². The van der Waals surface area contributed by atoms with Crippen molar-refractivity contribution in [2.24, 2.45) is 0 Å². The molecule has 2 rings (SSSR count). The third-order valence-electron chi connectivity index (χ3n) is 4.24. The van der Waals surface area contributed by atoms with Gasteiger partial charge in [0, 0.05) is 18.8 Å². The number of anilines is 1. The minimum absolute atomic E-state index is 0.0288. The smallest absolute Gasteiger partial charge is 0.243 e. The summed E-state index contributed by atoms with van der Waals surface area (Å²) in [5.74, 6) is -0.513. The van der Waals surface area contributed by atoms with Gasteiger partial charge in [-0.05, 0) is 37.9 Å². The molecular formula is C19H28N4O3. The Morgan fingerprint density at radius 2 is 1.73 bits per heavy atom. The Kier molecular flexibility index (Phi) is 7.15. The topological polar surface area (TPSA) is 81.8 Å². The molecule has 0 saturated heterocycles. The van der Waals surface area contributed by atoms with Crippen molar-refractivity contribution >= 4 is 23.4 Å². The first kappa shape index (κ1) is 19.9. The lowest BCUT2D eigenvalue weighted by Gasteiger charge is -2.21. The summed E-state index contributed by atoms with van der Waals surface area (Å²) < 4.78 is 0. The molecule has 0 atom stereocenters. The second-order valence-corrected chi connectivity index (χ2v) is 6.82. The van der Waals surface area contributed by atoms with Crippen LogP contribution in [0.2, 0.25) is 0 Å². The lowest BCUT2D eigenvalue weighted by molar-refractivity contribution is -0.134. The maximum atomic E-state index is 12.3. The Bertz CT molecular complexity index is 658. The first-order valence-corrected chi connectivity index (χ1v) is 8.98. The highest BCUT2D eigenvalue weighted by Gasteiger charge is 2.24. The lowest BCUT2D eigenvalue weighted by Crippen LogP contribution is -2.43. The van der Waals surface area contributed by atoms with E-state index in [2.05, 4.69) is 10.6 Å². The Balaban J connectivity index is 1.76. The summed E-state index contributed by atoms with van der Waals surface area (Å²) in [6, 6.07) is 7.92. The first-order chi connectivity index (χ1) is 12.4. The van der Waals surface area contributed by atoms with Crippen LogP contribution in [0.5, 0.6) is 0 Å². The SMILES string of the molecule is CCc1ccccc1NC(=O)CN(C)C(=O)CN(C)CC(=O)NC1CC1. The molecule has 0 heterocycles. The number of nitrogens with one attached hydrogen (secondary N) is 2. The van der Waals surface area contributed by atoms with Crippen LogP contribution in [-0.2, 0) is 20.8 Å². The zero-order valence-corrected chi connectivity index (χ0v) is 15.7. The highest BCUT2D eigenvalue weighted by molar-refractivity contribution is 5.95. The number of likely N-dealkylation sites (N-methyl/N-ethyl adjacent to an activating group) is 2. The summed E-state index contributed by atoms with van der Waals surface area (Å²) in [4.78, 5) is 39.2. The first-order valence-electron chi connectivity index (χ1n) is 8.98. The Labute approximate surface area is 154 Å². The Morgan fingerprint density at radius 1 is 1.04 bits per heavy atom. The Morgan fingerprint density at radius 3 is 2.38 bits per heavy atom. The number of carbonyl (C=O) groups is 3. The molecule has 2 N–H and O–H groups in total. The fourth-order valence-electron chi connectivity index (χ4n) is 2.60. The van der Waals surface area contributed by atoms with Crippen LogP contribution in [0.25, 0.3) is 0 Å². The van der Waals surface area contributed by atoms with E-state index in [1.807, 2.05) is 31.2 Å². The highest BCUT2D eigenvalue weighted by Crippen LogP contribution is 2.18. The van der Waals surface area contributed by atoms with Crippen molar-refractivity contribution in [1.82, 2.24) is 15.1 Å².